The average Bonchev–Trinajstić information content (AvgIpc) is 2.20. The Morgan fingerprint density at radius 3 is 2.31 bits per heavy atom. The van der Waals surface area contributed by atoms with Crippen molar-refractivity contribution >= 4 is 17.8 Å². The Balaban J connectivity index is 3.87. The van der Waals surface area contributed by atoms with E-state index in [1.165, 1.54) is 6.92 Å². The second kappa shape index (κ2) is 7.63. The van der Waals surface area contributed by atoms with E-state index in [1.807, 2.05) is 6.92 Å². The predicted molar refractivity (Wildman–Crippen MR) is 56.3 cm³/mol. The van der Waals surface area contributed by atoms with Gasteiger partial charge in [0.1, 0.15) is 0 Å². The van der Waals surface area contributed by atoms with E-state index < -0.39 is 5.97 Å². The summed E-state index contributed by atoms with van der Waals surface area (Å²) in [5.74, 6) is -1.63. The molecule has 7 nitrogen and oxygen atoms in total. The van der Waals surface area contributed by atoms with Crippen molar-refractivity contribution in [1.82, 2.24) is 15.8 Å². The second-order valence-corrected chi connectivity index (χ2v) is 3.24. The average molecular weight is 231 g/mol. The van der Waals surface area contributed by atoms with Crippen molar-refractivity contribution in [3.63, 3.8) is 0 Å². The lowest BCUT2D eigenvalue weighted by Crippen LogP contribution is -2.46. The number of rotatable bonds is 6. The van der Waals surface area contributed by atoms with Gasteiger partial charge in [-0.3, -0.25) is 30.1 Å². The van der Waals surface area contributed by atoms with Gasteiger partial charge >= 0.3 is 5.97 Å². The molecule has 0 aromatic carbocycles. The van der Waals surface area contributed by atoms with Gasteiger partial charge in [-0.15, -0.1) is 0 Å². The van der Waals surface area contributed by atoms with Crippen LogP contribution in [0.2, 0.25) is 0 Å². The Morgan fingerprint density at radius 1 is 1.25 bits per heavy atom. The number of carboxylic acids is 1. The number of carboxylic acid groups (broad SMARTS) is 1. The molecule has 3 N–H and O–H groups in total. The van der Waals surface area contributed by atoms with E-state index in [2.05, 4.69) is 10.9 Å². The quantitative estimate of drug-likeness (QED) is 0.507. The Hall–Kier alpha value is -1.63. The molecule has 0 spiro atoms. The number of likely N-dealkylation sites (N-methyl/N-ethyl adjacent to an activating group) is 1. The summed E-state index contributed by atoms with van der Waals surface area (Å²) in [5.41, 5.74) is 4.37. The third-order valence-corrected chi connectivity index (χ3v) is 1.83. The molecule has 16 heavy (non-hydrogen) atoms. The molecule has 0 aliphatic carbocycles. The molecule has 2 amide bonds. The molecule has 0 fully saturated rings. The first-order valence-corrected chi connectivity index (χ1v) is 4.95. The van der Waals surface area contributed by atoms with Crippen LogP contribution < -0.4 is 10.9 Å². The molecule has 0 aliphatic heterocycles. The van der Waals surface area contributed by atoms with E-state index >= 15 is 0 Å². The maximum Gasteiger partial charge on any atom is 0.304 e. The minimum Gasteiger partial charge on any atom is -0.481 e. The van der Waals surface area contributed by atoms with Gasteiger partial charge < -0.3 is 5.11 Å². The van der Waals surface area contributed by atoms with E-state index in [-0.39, 0.29) is 24.8 Å². The normalized spacial score (nSPS) is 9.94. The summed E-state index contributed by atoms with van der Waals surface area (Å²) in [6, 6.07) is 0. The SMILES string of the molecule is CCN(CCC(=O)O)CC(=O)NNC(C)=O. The smallest absolute Gasteiger partial charge is 0.304 e. The molecular formula is C9H17N3O4. The number of aliphatic carboxylic acids is 1. The number of nitrogens with zero attached hydrogens (tertiary/aromatic N) is 1. The van der Waals surface area contributed by atoms with Crippen molar-refractivity contribution in [1.29, 1.82) is 0 Å². The molecule has 0 saturated heterocycles. The zero-order chi connectivity index (χ0) is 12.6. The zero-order valence-electron chi connectivity index (χ0n) is 9.45. The molecule has 0 saturated carbocycles. The first-order valence-electron chi connectivity index (χ1n) is 4.95. The monoisotopic (exact) mass is 231 g/mol. The topological polar surface area (TPSA) is 98.7 Å². The Kier molecular flexibility index (Phi) is 6.86. The molecule has 0 heterocycles. The Morgan fingerprint density at radius 2 is 1.88 bits per heavy atom. The molecule has 92 valence electrons. The first-order chi connectivity index (χ1) is 7.45. The highest BCUT2D eigenvalue weighted by Crippen LogP contribution is 1.90. The van der Waals surface area contributed by atoms with Crippen molar-refractivity contribution in [3.8, 4) is 0 Å². The number of hydrazine groups is 1. The fourth-order valence-corrected chi connectivity index (χ4v) is 1.00. The third-order valence-electron chi connectivity index (χ3n) is 1.83. The van der Waals surface area contributed by atoms with Crippen LogP contribution in [-0.2, 0) is 14.4 Å². The highest BCUT2D eigenvalue weighted by Gasteiger charge is 2.10. The Bertz CT molecular complexity index is 267. The van der Waals surface area contributed by atoms with Gasteiger partial charge in [0, 0.05) is 13.5 Å². The summed E-state index contributed by atoms with van der Waals surface area (Å²) in [6.07, 6.45) is -0.0126. The van der Waals surface area contributed by atoms with Crippen molar-refractivity contribution < 1.29 is 19.5 Å². The molecule has 0 aliphatic rings. The van der Waals surface area contributed by atoms with Gasteiger partial charge in [-0.1, -0.05) is 6.92 Å². The minimum atomic E-state index is -0.902. The molecule has 0 rings (SSSR count). The molecule has 0 aromatic heterocycles. The van der Waals surface area contributed by atoms with Gasteiger partial charge in [-0.25, -0.2) is 0 Å². The van der Waals surface area contributed by atoms with E-state index in [1.54, 1.807) is 4.90 Å². The number of carbonyl (C=O) groups excluding carboxylic acids is 2. The standard InChI is InChI=1S/C9H17N3O4/c1-3-12(5-4-9(15)16)6-8(14)11-10-7(2)13/h3-6H2,1-2H3,(H,10,13)(H,11,14)(H,15,16). The lowest BCUT2D eigenvalue weighted by molar-refractivity contribution is -0.137. The largest absolute Gasteiger partial charge is 0.481 e. The summed E-state index contributed by atoms with van der Waals surface area (Å²) in [4.78, 5) is 33.8. The number of hydrogen-bond acceptors (Lipinski definition) is 4. The fourth-order valence-electron chi connectivity index (χ4n) is 1.00. The molecule has 0 atom stereocenters. The van der Waals surface area contributed by atoms with Gasteiger partial charge in [0.25, 0.3) is 5.91 Å². The van der Waals surface area contributed by atoms with Gasteiger partial charge in [0.15, 0.2) is 0 Å². The maximum atomic E-state index is 11.2. The molecule has 0 radical (unpaired) electrons. The van der Waals surface area contributed by atoms with Crippen LogP contribution in [0.25, 0.3) is 0 Å². The van der Waals surface area contributed by atoms with Crippen LogP contribution in [0.3, 0.4) is 0 Å². The highest BCUT2D eigenvalue weighted by molar-refractivity contribution is 5.82. The van der Waals surface area contributed by atoms with Crippen LogP contribution in [0.4, 0.5) is 0 Å². The van der Waals surface area contributed by atoms with Gasteiger partial charge in [0.05, 0.1) is 13.0 Å². The lowest BCUT2D eigenvalue weighted by Gasteiger charge is -2.18. The van der Waals surface area contributed by atoms with Gasteiger partial charge in [-0.05, 0) is 6.54 Å². The molecule has 7 heteroatoms. The highest BCUT2D eigenvalue weighted by atomic mass is 16.4. The van der Waals surface area contributed by atoms with Crippen LogP contribution in [-0.4, -0.2) is 47.4 Å². The summed E-state index contributed by atoms with van der Waals surface area (Å²) in [5, 5.41) is 8.48. The van der Waals surface area contributed by atoms with E-state index in [4.69, 9.17) is 5.11 Å². The van der Waals surface area contributed by atoms with Crippen molar-refractivity contribution in [3.05, 3.63) is 0 Å². The first kappa shape index (κ1) is 14.4. The zero-order valence-corrected chi connectivity index (χ0v) is 9.45. The number of carbonyl (C=O) groups is 3. The fraction of sp³-hybridized carbons (Fsp3) is 0.667. The summed E-state index contributed by atoms with van der Waals surface area (Å²) >= 11 is 0. The minimum absolute atomic E-state index is 0.0126. The molecular weight excluding hydrogens is 214 g/mol. The number of nitrogens with one attached hydrogen (secondary N) is 2. The van der Waals surface area contributed by atoms with Gasteiger partial charge in [0.2, 0.25) is 5.91 Å². The van der Waals surface area contributed by atoms with Crippen molar-refractivity contribution in [2.45, 2.75) is 20.3 Å². The van der Waals surface area contributed by atoms with Crippen molar-refractivity contribution in [2.24, 2.45) is 0 Å². The third kappa shape index (κ3) is 7.74. The van der Waals surface area contributed by atoms with Crippen LogP contribution in [0, 0.1) is 0 Å². The van der Waals surface area contributed by atoms with E-state index in [0.717, 1.165) is 0 Å². The van der Waals surface area contributed by atoms with Crippen molar-refractivity contribution in [2.75, 3.05) is 19.6 Å². The predicted octanol–water partition coefficient (Wildman–Crippen LogP) is -1.05. The maximum absolute atomic E-state index is 11.2. The molecule has 0 aromatic rings. The number of amides is 2. The summed E-state index contributed by atoms with van der Waals surface area (Å²) < 4.78 is 0. The lowest BCUT2D eigenvalue weighted by atomic mass is 10.3. The van der Waals surface area contributed by atoms with Crippen LogP contribution in [0.15, 0.2) is 0 Å². The summed E-state index contributed by atoms with van der Waals surface area (Å²) in [6.45, 7) is 4.04. The molecule has 0 unspecified atom stereocenters. The van der Waals surface area contributed by atoms with Crippen LogP contribution in [0.1, 0.15) is 20.3 Å². The van der Waals surface area contributed by atoms with Crippen LogP contribution >= 0.6 is 0 Å². The number of hydrogen-bond donors (Lipinski definition) is 3. The van der Waals surface area contributed by atoms with E-state index in [9.17, 15) is 14.4 Å². The molecule has 0 bridgehead atoms. The summed E-state index contributed by atoms with van der Waals surface area (Å²) in [7, 11) is 0. The second-order valence-electron chi connectivity index (χ2n) is 3.24. The van der Waals surface area contributed by atoms with Gasteiger partial charge in [-0.2, -0.15) is 0 Å². The van der Waals surface area contributed by atoms with Crippen LogP contribution in [0.5, 0.6) is 0 Å². The Labute approximate surface area is 93.8 Å². The van der Waals surface area contributed by atoms with E-state index in [0.29, 0.717) is 13.1 Å².